The molecule has 7 nitrogen and oxygen atoms in total. The highest BCUT2D eigenvalue weighted by atomic mass is 16.2. The normalized spacial score (nSPS) is 10.4. The van der Waals surface area contributed by atoms with Gasteiger partial charge in [-0.1, -0.05) is 13.8 Å². The summed E-state index contributed by atoms with van der Waals surface area (Å²) in [6.45, 7) is 4.30. The molecule has 1 aromatic heterocycles. The van der Waals surface area contributed by atoms with E-state index in [9.17, 15) is 9.59 Å². The van der Waals surface area contributed by atoms with E-state index >= 15 is 0 Å². The van der Waals surface area contributed by atoms with Crippen molar-refractivity contribution in [1.29, 1.82) is 0 Å². The first-order valence-electron chi connectivity index (χ1n) is 6.57. The van der Waals surface area contributed by atoms with Crippen LogP contribution in [0.15, 0.2) is 6.20 Å². The summed E-state index contributed by atoms with van der Waals surface area (Å²) < 4.78 is 0. The zero-order valence-corrected chi connectivity index (χ0v) is 12.1. The van der Waals surface area contributed by atoms with E-state index in [1.807, 2.05) is 13.8 Å². The number of aromatic nitrogens is 2. The van der Waals surface area contributed by atoms with Gasteiger partial charge in [-0.15, -0.1) is 0 Å². The van der Waals surface area contributed by atoms with Crippen molar-refractivity contribution in [3.63, 3.8) is 0 Å². The van der Waals surface area contributed by atoms with E-state index in [2.05, 4.69) is 20.6 Å². The summed E-state index contributed by atoms with van der Waals surface area (Å²) in [7, 11) is 1.71. The van der Waals surface area contributed by atoms with Crippen LogP contribution in [-0.2, 0) is 4.79 Å². The maximum Gasteiger partial charge on any atom is 0.272 e. The number of carbonyl (C=O) groups is 2. The zero-order valence-electron chi connectivity index (χ0n) is 12.1. The number of hydrogen-bond donors (Lipinski definition) is 3. The average molecular weight is 279 g/mol. The van der Waals surface area contributed by atoms with Crippen LogP contribution >= 0.6 is 0 Å². The SMILES string of the molecule is CNc1cnc(C(C)C)nc1C(=O)NCCCC(N)=O. The molecule has 1 rings (SSSR count). The molecule has 0 spiro atoms. The van der Waals surface area contributed by atoms with Gasteiger partial charge in [0.25, 0.3) is 5.91 Å². The van der Waals surface area contributed by atoms with Crippen molar-refractivity contribution in [2.45, 2.75) is 32.6 Å². The van der Waals surface area contributed by atoms with Crippen LogP contribution in [-0.4, -0.2) is 35.4 Å². The fraction of sp³-hybridized carbons (Fsp3) is 0.538. The largest absolute Gasteiger partial charge is 0.385 e. The van der Waals surface area contributed by atoms with E-state index in [0.717, 1.165) is 0 Å². The standard InChI is InChI=1S/C13H21N5O2/c1-8(2)12-17-7-9(15-3)11(18-12)13(20)16-6-4-5-10(14)19/h7-8,15H,4-6H2,1-3H3,(H2,14,19)(H,16,20). The third-order valence-electron chi connectivity index (χ3n) is 2.69. The highest BCUT2D eigenvalue weighted by Crippen LogP contribution is 2.15. The van der Waals surface area contributed by atoms with Crippen molar-refractivity contribution >= 4 is 17.5 Å². The minimum atomic E-state index is -0.376. The molecule has 0 bridgehead atoms. The Bertz CT molecular complexity index is 488. The monoisotopic (exact) mass is 279 g/mol. The van der Waals surface area contributed by atoms with Crippen molar-refractivity contribution in [3.05, 3.63) is 17.7 Å². The molecule has 0 saturated heterocycles. The number of hydrogen-bond acceptors (Lipinski definition) is 5. The third-order valence-corrected chi connectivity index (χ3v) is 2.69. The molecule has 0 aliphatic carbocycles. The van der Waals surface area contributed by atoms with Gasteiger partial charge in [-0.25, -0.2) is 9.97 Å². The number of anilines is 1. The second-order valence-electron chi connectivity index (χ2n) is 4.72. The van der Waals surface area contributed by atoms with E-state index in [1.165, 1.54) is 0 Å². The quantitative estimate of drug-likeness (QED) is 0.634. The van der Waals surface area contributed by atoms with E-state index in [0.29, 0.717) is 30.2 Å². The predicted molar refractivity (Wildman–Crippen MR) is 76.4 cm³/mol. The van der Waals surface area contributed by atoms with Crippen LogP contribution < -0.4 is 16.4 Å². The summed E-state index contributed by atoms with van der Waals surface area (Å²) in [5.41, 5.74) is 5.92. The van der Waals surface area contributed by atoms with Gasteiger partial charge >= 0.3 is 0 Å². The van der Waals surface area contributed by atoms with E-state index in [1.54, 1.807) is 13.2 Å². The lowest BCUT2D eigenvalue weighted by Crippen LogP contribution is -2.27. The lowest BCUT2D eigenvalue weighted by atomic mass is 10.2. The van der Waals surface area contributed by atoms with Crippen molar-refractivity contribution in [2.24, 2.45) is 5.73 Å². The molecule has 2 amide bonds. The number of nitrogens with one attached hydrogen (secondary N) is 2. The molecule has 0 unspecified atom stereocenters. The van der Waals surface area contributed by atoms with Crippen molar-refractivity contribution < 1.29 is 9.59 Å². The van der Waals surface area contributed by atoms with Gasteiger partial charge in [0.2, 0.25) is 5.91 Å². The van der Waals surface area contributed by atoms with Crippen LogP contribution in [0.5, 0.6) is 0 Å². The lowest BCUT2D eigenvalue weighted by Gasteiger charge is -2.11. The van der Waals surface area contributed by atoms with Gasteiger partial charge in [0.05, 0.1) is 11.9 Å². The Morgan fingerprint density at radius 3 is 2.65 bits per heavy atom. The number of primary amides is 1. The number of amides is 2. The predicted octanol–water partition coefficient (Wildman–Crippen LogP) is 0.637. The number of nitrogens with zero attached hydrogens (tertiary/aromatic N) is 2. The summed E-state index contributed by atoms with van der Waals surface area (Å²) in [6.07, 6.45) is 2.36. The molecule has 20 heavy (non-hydrogen) atoms. The highest BCUT2D eigenvalue weighted by Gasteiger charge is 2.15. The summed E-state index contributed by atoms with van der Waals surface area (Å²) in [5.74, 6) is 0.0935. The Hall–Kier alpha value is -2.18. The third kappa shape index (κ3) is 4.49. The van der Waals surface area contributed by atoms with Crippen molar-refractivity contribution in [3.8, 4) is 0 Å². The molecule has 0 fully saturated rings. The number of nitrogens with two attached hydrogens (primary N) is 1. The molecule has 1 aromatic rings. The molecule has 0 aliphatic rings. The Balaban J connectivity index is 2.74. The molecule has 1 heterocycles. The molecule has 0 atom stereocenters. The van der Waals surface area contributed by atoms with Crippen LogP contribution in [0, 0.1) is 0 Å². The molecule has 0 aliphatic heterocycles. The van der Waals surface area contributed by atoms with Gasteiger partial charge in [0, 0.05) is 25.9 Å². The average Bonchev–Trinajstić information content (AvgIpc) is 2.42. The van der Waals surface area contributed by atoms with Crippen LogP contribution in [0.3, 0.4) is 0 Å². The second-order valence-corrected chi connectivity index (χ2v) is 4.72. The smallest absolute Gasteiger partial charge is 0.272 e. The number of carbonyl (C=O) groups excluding carboxylic acids is 2. The molecular weight excluding hydrogens is 258 g/mol. The maximum absolute atomic E-state index is 12.1. The van der Waals surface area contributed by atoms with E-state index < -0.39 is 0 Å². The molecular formula is C13H21N5O2. The van der Waals surface area contributed by atoms with Crippen molar-refractivity contribution in [2.75, 3.05) is 18.9 Å². The number of rotatable bonds is 7. The van der Waals surface area contributed by atoms with E-state index in [4.69, 9.17) is 5.73 Å². The Morgan fingerprint density at radius 1 is 1.40 bits per heavy atom. The van der Waals surface area contributed by atoms with Gasteiger partial charge in [0.1, 0.15) is 5.82 Å². The first-order valence-corrected chi connectivity index (χ1v) is 6.57. The van der Waals surface area contributed by atoms with E-state index in [-0.39, 0.29) is 24.2 Å². The maximum atomic E-state index is 12.1. The Kier molecular flexibility index (Phi) is 5.89. The minimum Gasteiger partial charge on any atom is -0.385 e. The highest BCUT2D eigenvalue weighted by molar-refractivity contribution is 5.97. The first-order chi connectivity index (χ1) is 9.45. The zero-order chi connectivity index (χ0) is 15.1. The molecule has 7 heteroatoms. The Labute approximate surface area is 118 Å². The topological polar surface area (TPSA) is 110 Å². The first kappa shape index (κ1) is 15.9. The van der Waals surface area contributed by atoms with Gasteiger partial charge in [-0.2, -0.15) is 0 Å². The summed E-state index contributed by atoms with van der Waals surface area (Å²) in [6, 6.07) is 0. The van der Waals surface area contributed by atoms with Crippen LogP contribution in [0.4, 0.5) is 5.69 Å². The van der Waals surface area contributed by atoms with Gasteiger partial charge in [0.15, 0.2) is 5.69 Å². The van der Waals surface area contributed by atoms with Crippen LogP contribution in [0.2, 0.25) is 0 Å². The molecule has 0 radical (unpaired) electrons. The minimum absolute atomic E-state index is 0.141. The second kappa shape index (κ2) is 7.42. The lowest BCUT2D eigenvalue weighted by molar-refractivity contribution is -0.118. The summed E-state index contributed by atoms with van der Waals surface area (Å²) in [4.78, 5) is 31.2. The molecule has 110 valence electrons. The molecule has 0 aromatic carbocycles. The van der Waals surface area contributed by atoms with Crippen molar-refractivity contribution in [1.82, 2.24) is 15.3 Å². The fourth-order valence-electron chi connectivity index (χ4n) is 1.58. The van der Waals surface area contributed by atoms with Crippen LogP contribution in [0.1, 0.15) is 48.9 Å². The van der Waals surface area contributed by atoms with Gasteiger partial charge < -0.3 is 16.4 Å². The molecule has 4 N–H and O–H groups in total. The van der Waals surface area contributed by atoms with Gasteiger partial charge in [-0.3, -0.25) is 9.59 Å². The molecule has 0 saturated carbocycles. The Morgan fingerprint density at radius 2 is 2.10 bits per heavy atom. The van der Waals surface area contributed by atoms with Crippen LogP contribution in [0.25, 0.3) is 0 Å². The summed E-state index contributed by atoms with van der Waals surface area (Å²) >= 11 is 0. The fourth-order valence-corrected chi connectivity index (χ4v) is 1.58. The summed E-state index contributed by atoms with van der Waals surface area (Å²) in [5, 5.41) is 5.61. The van der Waals surface area contributed by atoms with Gasteiger partial charge in [-0.05, 0) is 6.42 Å².